The smallest absolute Gasteiger partial charge is 0.328 e. The summed E-state index contributed by atoms with van der Waals surface area (Å²) >= 11 is 0. The average Bonchev–Trinajstić information content (AvgIpc) is 2.70. The number of esters is 1. The van der Waals surface area contributed by atoms with Gasteiger partial charge in [-0.25, -0.2) is 9.18 Å². The highest BCUT2D eigenvalue weighted by Crippen LogP contribution is 2.28. The highest BCUT2D eigenvalue weighted by Gasteiger charge is 2.35. The van der Waals surface area contributed by atoms with E-state index in [1.165, 1.54) is 12.0 Å². The van der Waals surface area contributed by atoms with Crippen molar-refractivity contribution in [1.29, 1.82) is 0 Å². The van der Waals surface area contributed by atoms with Gasteiger partial charge in [-0.05, 0) is 17.2 Å². The van der Waals surface area contributed by atoms with Crippen LogP contribution in [0.2, 0.25) is 0 Å². The summed E-state index contributed by atoms with van der Waals surface area (Å²) in [5.41, 5.74) is 1.36. The predicted molar refractivity (Wildman–Crippen MR) is 95.0 cm³/mol. The molecule has 0 N–H and O–H groups in total. The van der Waals surface area contributed by atoms with E-state index in [4.69, 9.17) is 9.47 Å². The standard InChI is InChI=1S/C19H17FN2O6/c1-27-19(24)16-8-12-4-2-3-5-13(12)10-21(16)18(23)11-28-17-9-14(20)6-7-15(17)22(25)26/h2-7,9,16H,8,10-11H2,1H3/t16-/m1/s1. The van der Waals surface area contributed by atoms with Crippen LogP contribution in [0.15, 0.2) is 42.5 Å². The van der Waals surface area contributed by atoms with E-state index >= 15 is 0 Å². The Hall–Kier alpha value is -3.49. The molecule has 0 aromatic heterocycles. The van der Waals surface area contributed by atoms with Crippen LogP contribution in [-0.2, 0) is 27.3 Å². The second-order valence-electron chi connectivity index (χ2n) is 6.19. The number of fused-ring (bicyclic) bond motifs is 1. The van der Waals surface area contributed by atoms with E-state index in [-0.39, 0.29) is 18.7 Å². The van der Waals surface area contributed by atoms with Gasteiger partial charge >= 0.3 is 11.7 Å². The van der Waals surface area contributed by atoms with Gasteiger partial charge in [-0.3, -0.25) is 14.9 Å². The second-order valence-corrected chi connectivity index (χ2v) is 6.19. The number of amides is 1. The van der Waals surface area contributed by atoms with Gasteiger partial charge in [0.1, 0.15) is 11.9 Å². The van der Waals surface area contributed by atoms with E-state index in [9.17, 15) is 24.1 Å². The number of nitrogens with zero attached hydrogens (tertiary/aromatic N) is 2. The Balaban J connectivity index is 1.80. The molecule has 28 heavy (non-hydrogen) atoms. The third kappa shape index (κ3) is 3.93. The van der Waals surface area contributed by atoms with Crippen LogP contribution in [0.3, 0.4) is 0 Å². The van der Waals surface area contributed by atoms with Gasteiger partial charge in [0.05, 0.1) is 12.0 Å². The van der Waals surface area contributed by atoms with Crippen molar-refractivity contribution >= 4 is 17.6 Å². The molecule has 0 saturated carbocycles. The largest absolute Gasteiger partial charge is 0.477 e. The first-order valence-electron chi connectivity index (χ1n) is 8.41. The number of methoxy groups -OCH3 is 1. The summed E-state index contributed by atoms with van der Waals surface area (Å²) in [6.45, 7) is -0.413. The molecule has 1 heterocycles. The molecule has 0 fully saturated rings. The lowest BCUT2D eigenvalue weighted by atomic mass is 9.94. The van der Waals surface area contributed by atoms with E-state index in [1.807, 2.05) is 24.3 Å². The molecule has 0 aliphatic carbocycles. The molecule has 0 spiro atoms. The Labute approximate surface area is 159 Å². The first-order valence-corrected chi connectivity index (χ1v) is 8.41. The normalized spacial score (nSPS) is 15.5. The monoisotopic (exact) mass is 388 g/mol. The Kier molecular flexibility index (Phi) is 5.53. The summed E-state index contributed by atoms with van der Waals surface area (Å²) in [7, 11) is 1.23. The average molecular weight is 388 g/mol. The van der Waals surface area contributed by atoms with Crippen LogP contribution >= 0.6 is 0 Å². The van der Waals surface area contributed by atoms with Crippen LogP contribution in [0.25, 0.3) is 0 Å². The number of ether oxygens (including phenoxy) is 2. The summed E-state index contributed by atoms with van der Waals surface area (Å²) in [5, 5.41) is 11.0. The lowest BCUT2D eigenvalue weighted by molar-refractivity contribution is -0.385. The molecule has 2 aromatic rings. The molecule has 9 heteroatoms. The van der Waals surface area contributed by atoms with Gasteiger partial charge in [-0.2, -0.15) is 0 Å². The number of benzene rings is 2. The fraction of sp³-hybridized carbons (Fsp3) is 0.263. The van der Waals surface area contributed by atoms with Crippen LogP contribution in [-0.4, -0.2) is 41.5 Å². The fourth-order valence-corrected chi connectivity index (χ4v) is 3.11. The molecule has 3 rings (SSSR count). The number of carbonyl (C=O) groups is 2. The minimum absolute atomic E-state index is 0.170. The van der Waals surface area contributed by atoms with Gasteiger partial charge in [0.25, 0.3) is 5.91 Å². The minimum Gasteiger partial charge on any atom is -0.477 e. The number of carbonyl (C=O) groups excluding carboxylic acids is 2. The zero-order chi connectivity index (χ0) is 20.3. The zero-order valence-corrected chi connectivity index (χ0v) is 15.0. The van der Waals surface area contributed by atoms with Crippen molar-refractivity contribution in [2.75, 3.05) is 13.7 Å². The number of nitro groups is 1. The Morgan fingerprint density at radius 1 is 1.25 bits per heavy atom. The van der Waals surface area contributed by atoms with E-state index in [1.54, 1.807) is 0 Å². The van der Waals surface area contributed by atoms with Crippen molar-refractivity contribution in [2.24, 2.45) is 0 Å². The lowest BCUT2D eigenvalue weighted by Crippen LogP contribution is -2.50. The molecule has 0 radical (unpaired) electrons. The van der Waals surface area contributed by atoms with Crippen molar-refractivity contribution in [1.82, 2.24) is 4.90 Å². The van der Waals surface area contributed by atoms with Crippen LogP contribution in [0.4, 0.5) is 10.1 Å². The lowest BCUT2D eigenvalue weighted by Gasteiger charge is -2.35. The van der Waals surface area contributed by atoms with Crippen molar-refractivity contribution in [3.8, 4) is 5.75 Å². The third-order valence-corrected chi connectivity index (χ3v) is 4.51. The molecule has 0 saturated heterocycles. The van der Waals surface area contributed by atoms with Gasteiger partial charge < -0.3 is 14.4 Å². The van der Waals surface area contributed by atoms with E-state index < -0.39 is 41.0 Å². The molecule has 1 amide bonds. The number of halogens is 1. The maximum Gasteiger partial charge on any atom is 0.328 e. The zero-order valence-electron chi connectivity index (χ0n) is 15.0. The van der Waals surface area contributed by atoms with Crippen molar-refractivity contribution in [2.45, 2.75) is 19.0 Å². The molecule has 146 valence electrons. The van der Waals surface area contributed by atoms with Crippen molar-refractivity contribution in [3.63, 3.8) is 0 Å². The number of nitro benzene ring substituents is 1. The number of rotatable bonds is 5. The summed E-state index contributed by atoms with van der Waals surface area (Å²) < 4.78 is 23.4. The van der Waals surface area contributed by atoms with E-state index in [2.05, 4.69) is 0 Å². The van der Waals surface area contributed by atoms with E-state index in [0.29, 0.717) is 0 Å². The van der Waals surface area contributed by atoms with Gasteiger partial charge in [-0.15, -0.1) is 0 Å². The maximum absolute atomic E-state index is 13.4. The van der Waals surface area contributed by atoms with Gasteiger partial charge in [-0.1, -0.05) is 24.3 Å². The van der Waals surface area contributed by atoms with Gasteiger partial charge in [0.2, 0.25) is 5.75 Å². The number of hydrogen-bond acceptors (Lipinski definition) is 6. The molecule has 8 nitrogen and oxygen atoms in total. The van der Waals surface area contributed by atoms with E-state index in [0.717, 1.165) is 29.3 Å². The predicted octanol–water partition coefficient (Wildman–Crippen LogP) is 2.24. The summed E-state index contributed by atoms with van der Waals surface area (Å²) in [6.07, 6.45) is 0.286. The molecular weight excluding hydrogens is 371 g/mol. The van der Waals surface area contributed by atoms with Gasteiger partial charge in [0.15, 0.2) is 6.61 Å². The first-order chi connectivity index (χ1) is 13.4. The Bertz CT molecular complexity index is 932. The first kappa shape index (κ1) is 19.3. The molecule has 1 aliphatic rings. The summed E-state index contributed by atoms with van der Waals surface area (Å²) in [5.74, 6) is -2.22. The molecule has 1 atom stereocenters. The number of hydrogen-bond donors (Lipinski definition) is 0. The minimum atomic E-state index is -0.835. The molecule has 1 aliphatic heterocycles. The highest BCUT2D eigenvalue weighted by molar-refractivity contribution is 5.86. The van der Waals surface area contributed by atoms with Crippen LogP contribution in [0.5, 0.6) is 5.75 Å². The van der Waals surface area contributed by atoms with Crippen LogP contribution < -0.4 is 4.74 Å². The summed E-state index contributed by atoms with van der Waals surface area (Å²) in [4.78, 5) is 36.5. The van der Waals surface area contributed by atoms with Gasteiger partial charge in [0, 0.05) is 25.1 Å². The maximum atomic E-state index is 13.4. The van der Waals surface area contributed by atoms with Crippen molar-refractivity contribution in [3.05, 3.63) is 69.5 Å². The van der Waals surface area contributed by atoms with Crippen LogP contribution in [0, 0.1) is 15.9 Å². The third-order valence-electron chi connectivity index (χ3n) is 4.51. The Morgan fingerprint density at radius 2 is 1.96 bits per heavy atom. The molecular formula is C19H17FN2O6. The Morgan fingerprint density at radius 3 is 2.64 bits per heavy atom. The molecule has 0 unspecified atom stereocenters. The van der Waals surface area contributed by atoms with Crippen LogP contribution in [0.1, 0.15) is 11.1 Å². The topological polar surface area (TPSA) is 99.0 Å². The second kappa shape index (κ2) is 8.03. The molecule has 0 bridgehead atoms. The highest BCUT2D eigenvalue weighted by atomic mass is 19.1. The van der Waals surface area contributed by atoms with Crippen molar-refractivity contribution < 1.29 is 28.4 Å². The fourth-order valence-electron chi connectivity index (χ4n) is 3.11. The molecule has 2 aromatic carbocycles. The summed E-state index contributed by atoms with van der Waals surface area (Å²) in [6, 6.07) is 9.29. The quantitative estimate of drug-likeness (QED) is 0.443. The SMILES string of the molecule is COC(=O)[C@H]1Cc2ccccc2CN1C(=O)COc1cc(F)ccc1[N+](=O)[O-].